The minimum Gasteiger partial charge on any atom is -0.389 e. The van der Waals surface area contributed by atoms with E-state index in [9.17, 15) is 18.0 Å². The van der Waals surface area contributed by atoms with Crippen LogP contribution in [0.25, 0.3) is 10.6 Å². The number of anilines is 2. The van der Waals surface area contributed by atoms with Gasteiger partial charge in [0.2, 0.25) is 0 Å². The Bertz CT molecular complexity index is 1130. The number of alkyl halides is 1. The second-order valence-electron chi connectivity index (χ2n) is 7.41. The minimum atomic E-state index is -1.18. The van der Waals surface area contributed by atoms with Crippen molar-refractivity contribution in [3.8, 4) is 10.6 Å². The fraction of sp³-hybridized carbons (Fsp3) is 0.350. The van der Waals surface area contributed by atoms with Crippen molar-refractivity contribution in [2.45, 2.75) is 31.2 Å². The zero-order valence-electron chi connectivity index (χ0n) is 17.0. The zero-order valence-corrected chi connectivity index (χ0v) is 17.8. The summed E-state index contributed by atoms with van der Waals surface area (Å²) in [5.74, 6) is -2.31. The second-order valence-corrected chi connectivity index (χ2v) is 8.44. The Labute approximate surface area is 185 Å². The van der Waals surface area contributed by atoms with E-state index in [2.05, 4.69) is 15.4 Å². The number of thiazole rings is 1. The molecule has 0 spiro atoms. The maximum Gasteiger partial charge on any atom is 0.277 e. The van der Waals surface area contributed by atoms with Crippen molar-refractivity contribution in [2.75, 3.05) is 17.7 Å². The first-order valence-corrected chi connectivity index (χ1v) is 10.6. The third kappa shape index (κ3) is 4.20. The van der Waals surface area contributed by atoms with Gasteiger partial charge in [-0.05, 0) is 18.6 Å². The third-order valence-electron chi connectivity index (χ3n) is 5.25. The number of carbonyl (C=O) groups excluding carboxylic acids is 1. The quantitative estimate of drug-likeness (QED) is 0.543. The number of halogens is 3. The van der Waals surface area contributed by atoms with E-state index in [1.165, 1.54) is 16.9 Å². The van der Waals surface area contributed by atoms with E-state index >= 15 is 0 Å². The average Bonchev–Trinajstić information content (AvgIpc) is 3.24. The van der Waals surface area contributed by atoms with Crippen molar-refractivity contribution in [3.05, 3.63) is 47.4 Å². The first kappa shape index (κ1) is 22.2. The van der Waals surface area contributed by atoms with Crippen molar-refractivity contribution < 1.29 is 22.7 Å². The molecule has 12 heteroatoms. The lowest BCUT2D eigenvalue weighted by Crippen LogP contribution is -2.32. The normalized spacial score (nSPS) is 21.3. The highest BCUT2D eigenvalue weighted by Crippen LogP contribution is 2.35. The van der Waals surface area contributed by atoms with Gasteiger partial charge in [0, 0.05) is 19.5 Å². The Balaban J connectivity index is 1.60. The molecule has 1 amide bonds. The van der Waals surface area contributed by atoms with Crippen LogP contribution in [0.3, 0.4) is 0 Å². The van der Waals surface area contributed by atoms with Crippen LogP contribution >= 0.6 is 11.3 Å². The number of nitrogens with zero attached hydrogens (tertiary/aromatic N) is 3. The second kappa shape index (κ2) is 8.88. The summed E-state index contributed by atoms with van der Waals surface area (Å²) in [5.41, 5.74) is 12.1. The molecule has 3 aromatic rings. The highest BCUT2D eigenvalue weighted by Gasteiger charge is 2.31. The molecule has 4 rings (SSSR count). The van der Waals surface area contributed by atoms with Crippen molar-refractivity contribution in [1.82, 2.24) is 14.8 Å². The number of hydrogen-bond acceptors (Lipinski definition) is 7. The van der Waals surface area contributed by atoms with E-state index in [-0.39, 0.29) is 40.7 Å². The van der Waals surface area contributed by atoms with Crippen LogP contribution < -0.4 is 16.8 Å². The Hall–Kier alpha value is -2.96. The first-order chi connectivity index (χ1) is 15.3. The number of benzene rings is 1. The van der Waals surface area contributed by atoms with E-state index in [1.54, 1.807) is 7.05 Å². The number of ether oxygens (including phenoxy) is 1. The molecule has 3 heterocycles. The number of hydrogen-bond donors (Lipinski definition) is 3. The van der Waals surface area contributed by atoms with Gasteiger partial charge in [-0.25, -0.2) is 18.2 Å². The molecule has 32 heavy (non-hydrogen) atoms. The number of amides is 1. The molecule has 3 unspecified atom stereocenters. The molecule has 0 saturated carbocycles. The minimum absolute atomic E-state index is 0.00129. The van der Waals surface area contributed by atoms with Gasteiger partial charge in [-0.15, -0.1) is 0 Å². The lowest BCUT2D eigenvalue weighted by atomic mass is 10.0. The Morgan fingerprint density at radius 3 is 2.78 bits per heavy atom. The Morgan fingerprint density at radius 1 is 1.34 bits per heavy atom. The summed E-state index contributed by atoms with van der Waals surface area (Å²) in [6.07, 6.45) is 0.0451. The van der Waals surface area contributed by atoms with Gasteiger partial charge in [0.1, 0.15) is 33.9 Å². The number of rotatable bonds is 4. The predicted octanol–water partition coefficient (Wildman–Crippen LogP) is 3.17. The van der Waals surface area contributed by atoms with Gasteiger partial charge in [-0.3, -0.25) is 9.48 Å². The SMILES string of the molecule is Cn1ncc(NC(=O)c2nc(-c3c(F)cccc3F)sc2N)c1C1CC(N)C(F)CCO1. The van der Waals surface area contributed by atoms with E-state index in [0.29, 0.717) is 11.4 Å². The van der Waals surface area contributed by atoms with Gasteiger partial charge in [0.05, 0.1) is 29.7 Å². The van der Waals surface area contributed by atoms with Crippen LogP contribution in [0.4, 0.5) is 23.9 Å². The van der Waals surface area contributed by atoms with Crippen molar-refractivity contribution >= 4 is 27.9 Å². The van der Waals surface area contributed by atoms with E-state index < -0.39 is 35.9 Å². The van der Waals surface area contributed by atoms with Crippen LogP contribution in [-0.2, 0) is 11.8 Å². The van der Waals surface area contributed by atoms with Gasteiger partial charge in [-0.1, -0.05) is 17.4 Å². The topological polar surface area (TPSA) is 121 Å². The van der Waals surface area contributed by atoms with E-state index in [4.69, 9.17) is 16.2 Å². The molecule has 1 aliphatic rings. The smallest absolute Gasteiger partial charge is 0.277 e. The summed E-state index contributed by atoms with van der Waals surface area (Å²) in [4.78, 5) is 16.9. The lowest BCUT2D eigenvalue weighted by molar-refractivity contribution is 0.0509. The molecule has 170 valence electrons. The van der Waals surface area contributed by atoms with Gasteiger partial charge >= 0.3 is 0 Å². The lowest BCUT2D eigenvalue weighted by Gasteiger charge is -2.20. The van der Waals surface area contributed by atoms with Crippen LogP contribution in [0.2, 0.25) is 0 Å². The summed E-state index contributed by atoms with van der Waals surface area (Å²) in [7, 11) is 1.66. The molecular formula is C20H21F3N6O2S. The number of aromatic nitrogens is 3. The largest absolute Gasteiger partial charge is 0.389 e. The fourth-order valence-corrected chi connectivity index (χ4v) is 4.48. The highest BCUT2D eigenvalue weighted by atomic mass is 32.1. The third-order valence-corrected chi connectivity index (χ3v) is 6.15. The predicted molar refractivity (Wildman–Crippen MR) is 114 cm³/mol. The summed E-state index contributed by atoms with van der Waals surface area (Å²) in [5, 5.41) is 6.76. The number of carbonyl (C=O) groups is 1. The summed E-state index contributed by atoms with van der Waals surface area (Å²) >= 11 is 0.798. The van der Waals surface area contributed by atoms with Crippen molar-refractivity contribution in [1.29, 1.82) is 0 Å². The summed E-state index contributed by atoms with van der Waals surface area (Å²) in [6, 6.07) is 2.71. The molecule has 0 radical (unpaired) electrons. The van der Waals surface area contributed by atoms with Gasteiger partial charge in [-0.2, -0.15) is 5.10 Å². The molecule has 3 atom stereocenters. The highest BCUT2D eigenvalue weighted by molar-refractivity contribution is 7.19. The number of nitrogen functional groups attached to an aromatic ring is 1. The monoisotopic (exact) mass is 466 g/mol. The number of nitrogens with two attached hydrogens (primary N) is 2. The molecule has 1 aliphatic heterocycles. The Morgan fingerprint density at radius 2 is 2.06 bits per heavy atom. The summed E-state index contributed by atoms with van der Waals surface area (Å²) < 4.78 is 49.4. The molecule has 2 aromatic heterocycles. The average molecular weight is 466 g/mol. The van der Waals surface area contributed by atoms with Crippen molar-refractivity contribution in [3.63, 3.8) is 0 Å². The van der Waals surface area contributed by atoms with Gasteiger partial charge < -0.3 is 21.5 Å². The Kier molecular flexibility index (Phi) is 6.17. The van der Waals surface area contributed by atoms with Crippen LogP contribution in [0.1, 0.15) is 35.1 Å². The molecule has 5 N–H and O–H groups in total. The molecule has 1 fully saturated rings. The fourth-order valence-electron chi connectivity index (χ4n) is 3.60. The maximum absolute atomic E-state index is 14.1. The van der Waals surface area contributed by atoms with E-state index in [0.717, 1.165) is 23.5 Å². The molecule has 1 saturated heterocycles. The molecule has 8 nitrogen and oxygen atoms in total. The van der Waals surface area contributed by atoms with Crippen molar-refractivity contribution in [2.24, 2.45) is 12.8 Å². The van der Waals surface area contributed by atoms with Gasteiger partial charge in [0.25, 0.3) is 5.91 Å². The molecular weight excluding hydrogens is 445 g/mol. The molecule has 0 bridgehead atoms. The van der Waals surface area contributed by atoms with E-state index in [1.807, 2.05) is 0 Å². The molecule has 1 aromatic carbocycles. The maximum atomic E-state index is 14.1. The molecule has 0 aliphatic carbocycles. The number of nitrogens with one attached hydrogen (secondary N) is 1. The standard InChI is InChI=1S/C20H21F3N6O2S/c1-29-17(14-7-12(24)9(21)5-6-31-14)13(8-26-29)27-19(30)16-18(25)32-20(28-16)15-10(22)3-2-4-11(15)23/h2-4,8-9,12,14H,5-7,24-25H2,1H3,(H,27,30). The zero-order chi connectivity index (χ0) is 23.0. The van der Waals surface area contributed by atoms with Crippen LogP contribution in [0.15, 0.2) is 24.4 Å². The number of aryl methyl sites for hydroxylation is 1. The van der Waals surface area contributed by atoms with Crippen LogP contribution in [0, 0.1) is 11.6 Å². The summed E-state index contributed by atoms with van der Waals surface area (Å²) in [6.45, 7) is 0.175. The van der Waals surface area contributed by atoms with Crippen LogP contribution in [0.5, 0.6) is 0 Å². The first-order valence-electron chi connectivity index (χ1n) is 9.81. The van der Waals surface area contributed by atoms with Crippen LogP contribution in [-0.4, -0.2) is 39.5 Å². The van der Waals surface area contributed by atoms with Gasteiger partial charge in [0.15, 0.2) is 5.69 Å².